The van der Waals surface area contributed by atoms with Gasteiger partial charge in [0.1, 0.15) is 0 Å². The number of rotatable bonds is 4. The number of hydrogen-bond acceptors (Lipinski definition) is 5. The summed E-state index contributed by atoms with van der Waals surface area (Å²) >= 11 is 0. The van der Waals surface area contributed by atoms with Crippen LogP contribution in [0.15, 0.2) is 22.7 Å². The number of halogens is 1. The Hall–Kier alpha value is -1.59. The minimum atomic E-state index is 0. The lowest BCUT2D eigenvalue weighted by atomic mass is 10.1. The van der Waals surface area contributed by atoms with Gasteiger partial charge in [-0.25, -0.2) is 0 Å². The minimum Gasteiger partial charge on any atom is -0.367 e. The molecule has 0 aliphatic heterocycles. The van der Waals surface area contributed by atoms with E-state index in [9.17, 15) is 0 Å². The highest BCUT2D eigenvalue weighted by Crippen LogP contribution is 2.21. The van der Waals surface area contributed by atoms with Crippen LogP contribution in [0.3, 0.4) is 0 Å². The second-order valence-corrected chi connectivity index (χ2v) is 4.45. The number of nitrogens with zero attached hydrogens (tertiary/aromatic N) is 3. The topological polar surface area (TPSA) is 68.2 Å². The van der Waals surface area contributed by atoms with E-state index >= 15 is 0 Å². The van der Waals surface area contributed by atoms with Crippen molar-refractivity contribution in [2.75, 3.05) is 11.9 Å². The zero-order valence-electron chi connectivity index (χ0n) is 11.4. The maximum absolute atomic E-state index is 5.44. The number of aryl methyl sites for hydroxylation is 2. The van der Waals surface area contributed by atoms with Crippen LogP contribution in [0.2, 0.25) is 0 Å². The van der Waals surface area contributed by atoms with E-state index in [2.05, 4.69) is 47.1 Å². The monoisotopic (exact) mass is 282 g/mol. The highest BCUT2D eigenvalue weighted by Gasteiger charge is 2.10. The number of aromatic nitrogens is 2. The number of hydrogen-bond donors (Lipinski definition) is 1. The Bertz CT molecular complexity index is 541. The van der Waals surface area contributed by atoms with E-state index in [1.54, 1.807) is 0 Å². The van der Waals surface area contributed by atoms with Crippen LogP contribution in [-0.2, 0) is 13.1 Å². The smallest absolute Gasteiger partial charge is 0.240 e. The molecule has 0 aliphatic carbocycles. The van der Waals surface area contributed by atoms with Gasteiger partial charge in [-0.05, 0) is 25.5 Å². The van der Waals surface area contributed by atoms with Crippen LogP contribution in [-0.4, -0.2) is 17.2 Å². The first kappa shape index (κ1) is 15.5. The summed E-state index contributed by atoms with van der Waals surface area (Å²) in [7, 11) is 2.01. The van der Waals surface area contributed by atoms with E-state index in [0.717, 1.165) is 0 Å². The quantitative estimate of drug-likeness (QED) is 0.931. The van der Waals surface area contributed by atoms with Crippen molar-refractivity contribution in [3.63, 3.8) is 0 Å². The third-order valence-corrected chi connectivity index (χ3v) is 2.83. The van der Waals surface area contributed by atoms with Crippen molar-refractivity contribution in [3.8, 4) is 0 Å². The molecule has 0 aliphatic rings. The molecule has 0 bridgehead atoms. The maximum Gasteiger partial charge on any atom is 0.240 e. The lowest BCUT2D eigenvalue weighted by molar-refractivity contribution is 0.374. The predicted octanol–water partition coefficient (Wildman–Crippen LogP) is 2.20. The second kappa shape index (κ2) is 6.54. The van der Waals surface area contributed by atoms with Crippen LogP contribution >= 0.6 is 12.4 Å². The van der Waals surface area contributed by atoms with Gasteiger partial charge in [-0.1, -0.05) is 22.9 Å². The van der Waals surface area contributed by atoms with Gasteiger partial charge in [0.15, 0.2) is 5.82 Å². The molecule has 0 unspecified atom stereocenters. The molecular weight excluding hydrogens is 264 g/mol. The van der Waals surface area contributed by atoms with Gasteiger partial charge in [0.25, 0.3) is 0 Å². The van der Waals surface area contributed by atoms with Crippen LogP contribution in [0.5, 0.6) is 0 Å². The Kier molecular flexibility index (Phi) is 5.32. The number of nitrogens with two attached hydrogens (primary N) is 1. The highest BCUT2D eigenvalue weighted by atomic mass is 35.5. The Morgan fingerprint density at radius 2 is 2.05 bits per heavy atom. The summed E-state index contributed by atoms with van der Waals surface area (Å²) in [5, 5.41) is 3.89. The van der Waals surface area contributed by atoms with Gasteiger partial charge in [0, 0.05) is 12.7 Å². The second-order valence-electron chi connectivity index (χ2n) is 4.45. The van der Waals surface area contributed by atoms with Crippen molar-refractivity contribution in [3.05, 3.63) is 41.0 Å². The SMILES string of the molecule is Cc1ccc(N(C)Cc2noc(CN)n2)c(C)c1.Cl. The lowest BCUT2D eigenvalue weighted by Gasteiger charge is -2.19. The van der Waals surface area contributed by atoms with Gasteiger partial charge in [-0.3, -0.25) is 0 Å². The van der Waals surface area contributed by atoms with Crippen molar-refractivity contribution < 1.29 is 4.52 Å². The molecule has 2 N–H and O–H groups in total. The molecule has 19 heavy (non-hydrogen) atoms. The molecule has 0 spiro atoms. The molecule has 0 radical (unpaired) electrons. The molecule has 1 heterocycles. The predicted molar refractivity (Wildman–Crippen MR) is 77.5 cm³/mol. The van der Waals surface area contributed by atoms with Gasteiger partial charge in [-0.2, -0.15) is 4.98 Å². The van der Waals surface area contributed by atoms with Crippen LogP contribution in [0, 0.1) is 13.8 Å². The van der Waals surface area contributed by atoms with Crippen molar-refractivity contribution in [1.29, 1.82) is 0 Å². The molecule has 0 amide bonds. The molecule has 0 fully saturated rings. The fourth-order valence-corrected chi connectivity index (χ4v) is 1.97. The Labute approximate surface area is 119 Å². The molecule has 6 heteroatoms. The molecule has 2 aromatic rings. The van der Waals surface area contributed by atoms with E-state index in [-0.39, 0.29) is 19.0 Å². The first-order valence-electron chi connectivity index (χ1n) is 5.90. The fraction of sp³-hybridized carbons (Fsp3) is 0.385. The number of anilines is 1. The largest absolute Gasteiger partial charge is 0.367 e. The molecule has 0 saturated heterocycles. The van der Waals surface area contributed by atoms with Crippen molar-refractivity contribution >= 4 is 18.1 Å². The maximum atomic E-state index is 5.44. The van der Waals surface area contributed by atoms with Crippen molar-refractivity contribution in [2.24, 2.45) is 5.73 Å². The molecule has 1 aromatic heterocycles. The number of benzene rings is 1. The standard InChI is InChI=1S/C13H18N4O.ClH/c1-9-4-5-11(10(2)6-9)17(3)8-12-15-13(7-14)18-16-12;/h4-6H,7-8,14H2,1-3H3;1H. The molecule has 2 rings (SSSR count). The first-order chi connectivity index (χ1) is 8.60. The third-order valence-electron chi connectivity index (χ3n) is 2.83. The molecular formula is C13H19ClN4O. The Morgan fingerprint density at radius 3 is 2.63 bits per heavy atom. The lowest BCUT2D eigenvalue weighted by Crippen LogP contribution is -2.18. The van der Waals surface area contributed by atoms with Gasteiger partial charge < -0.3 is 15.2 Å². The van der Waals surface area contributed by atoms with E-state index < -0.39 is 0 Å². The summed E-state index contributed by atoms with van der Waals surface area (Å²) in [6.45, 7) is 5.07. The first-order valence-corrected chi connectivity index (χ1v) is 5.90. The Balaban J connectivity index is 0.00000180. The van der Waals surface area contributed by atoms with E-state index in [0.29, 0.717) is 18.3 Å². The van der Waals surface area contributed by atoms with Gasteiger partial charge in [0.2, 0.25) is 5.89 Å². The summed E-state index contributed by atoms with van der Waals surface area (Å²) in [5.41, 5.74) is 9.10. The van der Waals surface area contributed by atoms with E-state index in [1.165, 1.54) is 16.8 Å². The van der Waals surface area contributed by atoms with Gasteiger partial charge in [-0.15, -0.1) is 12.4 Å². The van der Waals surface area contributed by atoms with Gasteiger partial charge in [0.05, 0.1) is 13.1 Å². The minimum absolute atomic E-state index is 0. The fourth-order valence-electron chi connectivity index (χ4n) is 1.97. The summed E-state index contributed by atoms with van der Waals surface area (Å²) < 4.78 is 4.99. The summed E-state index contributed by atoms with van der Waals surface area (Å²) in [4.78, 5) is 6.29. The molecule has 1 aromatic carbocycles. The van der Waals surface area contributed by atoms with Crippen LogP contribution in [0.25, 0.3) is 0 Å². The van der Waals surface area contributed by atoms with Crippen LogP contribution in [0.1, 0.15) is 22.8 Å². The average Bonchev–Trinajstić information content (AvgIpc) is 2.76. The van der Waals surface area contributed by atoms with Crippen molar-refractivity contribution in [2.45, 2.75) is 26.9 Å². The van der Waals surface area contributed by atoms with Crippen LogP contribution < -0.4 is 10.6 Å². The molecule has 0 saturated carbocycles. The molecule has 0 atom stereocenters. The zero-order chi connectivity index (χ0) is 13.1. The van der Waals surface area contributed by atoms with Crippen molar-refractivity contribution in [1.82, 2.24) is 10.1 Å². The molecule has 5 nitrogen and oxygen atoms in total. The van der Waals surface area contributed by atoms with Crippen LogP contribution in [0.4, 0.5) is 5.69 Å². The summed E-state index contributed by atoms with van der Waals surface area (Å²) in [6.07, 6.45) is 0. The summed E-state index contributed by atoms with van der Waals surface area (Å²) in [5.74, 6) is 1.12. The normalized spacial score (nSPS) is 10.1. The third kappa shape index (κ3) is 3.68. The average molecular weight is 283 g/mol. The van der Waals surface area contributed by atoms with E-state index in [1.807, 2.05) is 7.05 Å². The zero-order valence-corrected chi connectivity index (χ0v) is 12.2. The van der Waals surface area contributed by atoms with Gasteiger partial charge >= 0.3 is 0 Å². The molecule has 104 valence electrons. The summed E-state index contributed by atoms with van der Waals surface area (Å²) in [6, 6.07) is 6.36. The van der Waals surface area contributed by atoms with E-state index in [4.69, 9.17) is 10.3 Å². The Morgan fingerprint density at radius 1 is 1.32 bits per heavy atom. The highest BCUT2D eigenvalue weighted by molar-refractivity contribution is 5.85.